The Bertz CT molecular complexity index is 1240. The fraction of sp³-hybridized carbons (Fsp3) is 0.138. The minimum Gasteiger partial charge on any atom is -0.280 e. The van der Waals surface area contributed by atoms with Gasteiger partial charge in [-0.2, -0.15) is 0 Å². The third-order valence-electron chi connectivity index (χ3n) is 5.68. The van der Waals surface area contributed by atoms with Crippen molar-refractivity contribution >= 4 is 29.1 Å². The number of carbonyl (C=O) groups excluding carboxylic acids is 2. The molecular formula is C29H26N4O2S. The Morgan fingerprint density at radius 2 is 1.06 bits per heavy atom. The zero-order valence-electron chi connectivity index (χ0n) is 20.2. The third-order valence-corrected chi connectivity index (χ3v) is 6.12. The van der Waals surface area contributed by atoms with Crippen LogP contribution in [-0.4, -0.2) is 36.7 Å². The van der Waals surface area contributed by atoms with Gasteiger partial charge in [0.25, 0.3) is 11.8 Å². The maximum atomic E-state index is 13.7. The number of nitrogens with zero attached hydrogens (tertiary/aromatic N) is 4. The van der Waals surface area contributed by atoms with Crippen LogP contribution >= 0.6 is 12.2 Å². The predicted octanol–water partition coefficient (Wildman–Crippen LogP) is 5.36. The Hall–Kier alpha value is -4.23. The molecule has 0 saturated heterocycles. The first kappa shape index (κ1) is 24.9. The number of aromatic nitrogens is 2. The number of benzene rings is 2. The van der Waals surface area contributed by atoms with E-state index in [2.05, 4.69) is 9.97 Å². The average molecular weight is 495 g/mol. The van der Waals surface area contributed by atoms with Crippen LogP contribution in [0.15, 0.2) is 97.6 Å². The fourth-order valence-electron chi connectivity index (χ4n) is 3.65. The Balaban J connectivity index is 1.74. The molecule has 4 rings (SSSR count). The van der Waals surface area contributed by atoms with Crippen molar-refractivity contribution in [3.05, 3.63) is 131 Å². The Labute approximate surface area is 216 Å². The maximum absolute atomic E-state index is 13.7. The summed E-state index contributed by atoms with van der Waals surface area (Å²) in [6.45, 7) is 4.26. The Morgan fingerprint density at radius 3 is 1.39 bits per heavy atom. The summed E-state index contributed by atoms with van der Waals surface area (Å²) < 4.78 is 0. The van der Waals surface area contributed by atoms with E-state index < -0.39 is 0 Å². The molecule has 0 aliphatic heterocycles. The molecule has 0 N–H and O–H groups in total. The van der Waals surface area contributed by atoms with Gasteiger partial charge in [0.2, 0.25) is 0 Å². The van der Waals surface area contributed by atoms with Gasteiger partial charge in [-0.25, -0.2) is 0 Å². The van der Waals surface area contributed by atoms with E-state index in [1.54, 1.807) is 61.2 Å². The summed E-state index contributed by atoms with van der Waals surface area (Å²) in [7, 11) is 0. The number of carbonyl (C=O) groups is 2. The van der Waals surface area contributed by atoms with Crippen molar-refractivity contribution in [3.63, 3.8) is 0 Å². The number of thiocarbonyl (C=S) groups is 1. The minimum atomic E-state index is -0.295. The number of hydrogen-bond acceptors (Lipinski definition) is 5. The molecule has 2 heterocycles. The molecule has 4 aromatic rings. The molecule has 0 saturated carbocycles. The van der Waals surface area contributed by atoms with E-state index in [0.717, 1.165) is 22.3 Å². The molecule has 0 bridgehead atoms. The largest absolute Gasteiger partial charge is 0.280 e. The first-order chi connectivity index (χ1) is 17.4. The maximum Gasteiger partial charge on any atom is 0.260 e. The molecule has 0 unspecified atom stereocenters. The molecule has 2 aromatic carbocycles. The Morgan fingerprint density at radius 1 is 0.667 bits per heavy atom. The first-order valence-electron chi connectivity index (χ1n) is 11.5. The molecule has 0 spiro atoms. The van der Waals surface area contributed by atoms with Crippen LogP contribution in [0.25, 0.3) is 0 Å². The van der Waals surface area contributed by atoms with Gasteiger partial charge in [0.1, 0.15) is 0 Å². The van der Waals surface area contributed by atoms with Crippen molar-refractivity contribution < 1.29 is 9.59 Å². The van der Waals surface area contributed by atoms with Gasteiger partial charge in [0, 0.05) is 35.9 Å². The van der Waals surface area contributed by atoms with Crippen molar-refractivity contribution in [2.75, 3.05) is 0 Å². The summed E-state index contributed by atoms with van der Waals surface area (Å²) >= 11 is 5.87. The van der Waals surface area contributed by atoms with Crippen molar-refractivity contribution in [3.8, 4) is 0 Å². The van der Waals surface area contributed by atoms with Crippen molar-refractivity contribution in [2.24, 2.45) is 0 Å². The lowest BCUT2D eigenvalue weighted by Gasteiger charge is -2.31. The van der Waals surface area contributed by atoms with E-state index in [1.807, 2.05) is 50.2 Å². The standard InChI is InChI=1S/C29H26N4O2S/c1-21-7-11-25(12-8-21)27(34)32(19-23-5-3-15-30-17-23)29(36)33(20-24-6-4-16-31-18-24)28(35)26-13-9-22(2)10-14-26/h3-18H,19-20H2,1-2H3. The SMILES string of the molecule is Cc1ccc(C(=O)N(Cc2cccnc2)C(=S)N(Cc2cccnc2)C(=O)c2ccc(C)cc2)cc1. The van der Waals surface area contributed by atoms with Gasteiger partial charge < -0.3 is 0 Å². The number of aryl methyl sites for hydroxylation is 2. The van der Waals surface area contributed by atoms with Crippen LogP contribution in [0.4, 0.5) is 0 Å². The second-order valence-corrected chi connectivity index (χ2v) is 8.88. The third kappa shape index (κ3) is 6.06. The van der Waals surface area contributed by atoms with Gasteiger partial charge in [0.15, 0.2) is 5.11 Å². The van der Waals surface area contributed by atoms with Gasteiger partial charge in [-0.15, -0.1) is 0 Å². The van der Waals surface area contributed by atoms with Crippen molar-refractivity contribution in [2.45, 2.75) is 26.9 Å². The minimum absolute atomic E-state index is 0.110. The molecular weight excluding hydrogens is 468 g/mol. The number of amides is 2. The molecule has 0 aliphatic rings. The van der Waals surface area contributed by atoms with Crippen LogP contribution < -0.4 is 0 Å². The average Bonchev–Trinajstić information content (AvgIpc) is 2.91. The smallest absolute Gasteiger partial charge is 0.260 e. The highest BCUT2D eigenvalue weighted by molar-refractivity contribution is 7.80. The van der Waals surface area contributed by atoms with E-state index in [-0.39, 0.29) is 30.0 Å². The van der Waals surface area contributed by atoms with Gasteiger partial charge in [-0.1, -0.05) is 47.5 Å². The molecule has 2 aromatic heterocycles. The van der Waals surface area contributed by atoms with Crippen LogP contribution in [0, 0.1) is 13.8 Å². The number of rotatable bonds is 6. The van der Waals surface area contributed by atoms with Gasteiger partial charge in [-0.3, -0.25) is 29.4 Å². The predicted molar refractivity (Wildman–Crippen MR) is 143 cm³/mol. The molecule has 0 radical (unpaired) electrons. The molecule has 180 valence electrons. The van der Waals surface area contributed by atoms with E-state index in [9.17, 15) is 9.59 Å². The van der Waals surface area contributed by atoms with E-state index in [0.29, 0.717) is 11.1 Å². The van der Waals surface area contributed by atoms with E-state index in [1.165, 1.54) is 9.80 Å². The second kappa shape index (κ2) is 11.5. The summed E-state index contributed by atoms with van der Waals surface area (Å²) in [6, 6.07) is 21.9. The summed E-state index contributed by atoms with van der Waals surface area (Å²) in [5, 5.41) is 0.110. The fourth-order valence-corrected chi connectivity index (χ4v) is 3.95. The van der Waals surface area contributed by atoms with Crippen molar-refractivity contribution in [1.82, 2.24) is 19.8 Å². The number of pyridine rings is 2. The summed E-state index contributed by atoms with van der Waals surface area (Å²) in [6.07, 6.45) is 6.71. The molecule has 2 amide bonds. The highest BCUT2D eigenvalue weighted by Crippen LogP contribution is 2.18. The summed E-state index contributed by atoms with van der Waals surface area (Å²) in [5.74, 6) is -0.589. The van der Waals surface area contributed by atoms with Gasteiger partial charge in [0.05, 0.1) is 13.1 Å². The topological polar surface area (TPSA) is 66.4 Å². The normalized spacial score (nSPS) is 10.5. The molecule has 0 fully saturated rings. The quantitative estimate of drug-likeness (QED) is 0.338. The van der Waals surface area contributed by atoms with Gasteiger partial charge >= 0.3 is 0 Å². The van der Waals surface area contributed by atoms with Crippen molar-refractivity contribution in [1.29, 1.82) is 0 Å². The Kier molecular flexibility index (Phi) is 7.92. The van der Waals surface area contributed by atoms with Crippen LogP contribution in [0.5, 0.6) is 0 Å². The molecule has 0 aliphatic carbocycles. The molecule has 6 nitrogen and oxygen atoms in total. The molecule has 7 heteroatoms. The van der Waals surface area contributed by atoms with Crippen LogP contribution in [-0.2, 0) is 13.1 Å². The molecule has 36 heavy (non-hydrogen) atoms. The summed E-state index contributed by atoms with van der Waals surface area (Å²) in [4.78, 5) is 38.7. The highest BCUT2D eigenvalue weighted by Gasteiger charge is 2.29. The second-order valence-electron chi connectivity index (χ2n) is 8.52. The van der Waals surface area contributed by atoms with E-state index in [4.69, 9.17) is 12.2 Å². The lowest BCUT2D eigenvalue weighted by molar-refractivity contribution is 0.0776. The lowest BCUT2D eigenvalue weighted by Crippen LogP contribution is -2.48. The monoisotopic (exact) mass is 494 g/mol. The molecule has 0 atom stereocenters. The van der Waals surface area contributed by atoms with Crippen LogP contribution in [0.2, 0.25) is 0 Å². The number of hydrogen-bond donors (Lipinski definition) is 0. The first-order valence-corrected chi connectivity index (χ1v) is 11.9. The zero-order chi connectivity index (χ0) is 25.5. The summed E-state index contributed by atoms with van der Waals surface area (Å²) in [5.41, 5.74) is 4.64. The van der Waals surface area contributed by atoms with E-state index >= 15 is 0 Å². The van der Waals surface area contributed by atoms with Crippen LogP contribution in [0.1, 0.15) is 43.0 Å². The highest BCUT2D eigenvalue weighted by atomic mass is 32.1. The lowest BCUT2D eigenvalue weighted by atomic mass is 10.1. The zero-order valence-corrected chi connectivity index (χ0v) is 21.0. The van der Waals surface area contributed by atoms with Gasteiger partial charge in [-0.05, 0) is 73.6 Å². The van der Waals surface area contributed by atoms with Crippen LogP contribution in [0.3, 0.4) is 0 Å².